The standard InChI is InChI=1S/C14H11BrO3/c1-9-2-4-11(18-9)5-7-14(17)12-8-10(15)3-6-13(12)16/h2-8,16H,1H3. The van der Waals surface area contributed by atoms with Crippen molar-refractivity contribution in [2.75, 3.05) is 0 Å². The minimum atomic E-state index is -0.275. The van der Waals surface area contributed by atoms with Crippen LogP contribution in [0.5, 0.6) is 5.75 Å². The van der Waals surface area contributed by atoms with Crippen molar-refractivity contribution in [3.8, 4) is 5.75 Å². The molecule has 0 unspecified atom stereocenters. The first-order chi connectivity index (χ1) is 8.56. The Bertz CT molecular complexity index is 611. The number of hydrogen-bond donors (Lipinski definition) is 1. The molecule has 18 heavy (non-hydrogen) atoms. The molecule has 0 aliphatic heterocycles. The Labute approximate surface area is 113 Å². The largest absolute Gasteiger partial charge is 0.507 e. The smallest absolute Gasteiger partial charge is 0.189 e. The maximum Gasteiger partial charge on any atom is 0.189 e. The molecule has 0 aliphatic carbocycles. The van der Waals surface area contributed by atoms with Gasteiger partial charge in [0, 0.05) is 4.47 Å². The molecule has 0 saturated carbocycles. The van der Waals surface area contributed by atoms with Crippen LogP contribution in [0.4, 0.5) is 0 Å². The second kappa shape index (κ2) is 5.23. The third kappa shape index (κ3) is 2.90. The fourth-order valence-corrected chi connectivity index (χ4v) is 1.86. The zero-order valence-electron chi connectivity index (χ0n) is 9.68. The van der Waals surface area contributed by atoms with Crippen LogP contribution in [0.2, 0.25) is 0 Å². The SMILES string of the molecule is Cc1ccc(C=CC(=O)c2cc(Br)ccc2O)o1. The predicted octanol–water partition coefficient (Wildman–Crippen LogP) is 3.95. The highest BCUT2D eigenvalue weighted by Crippen LogP contribution is 2.22. The number of phenolic OH excluding ortho intramolecular Hbond substituents is 1. The van der Waals surface area contributed by atoms with Crippen LogP contribution >= 0.6 is 15.9 Å². The van der Waals surface area contributed by atoms with Crippen LogP contribution in [0.25, 0.3) is 6.08 Å². The first kappa shape index (κ1) is 12.6. The van der Waals surface area contributed by atoms with Crippen molar-refractivity contribution in [2.45, 2.75) is 6.92 Å². The molecule has 0 aliphatic rings. The van der Waals surface area contributed by atoms with E-state index in [9.17, 15) is 9.90 Å². The van der Waals surface area contributed by atoms with E-state index in [0.717, 1.165) is 10.2 Å². The van der Waals surface area contributed by atoms with E-state index in [0.29, 0.717) is 5.76 Å². The number of ketones is 1. The molecule has 0 radical (unpaired) electrons. The summed E-state index contributed by atoms with van der Waals surface area (Å²) in [5.41, 5.74) is 0.254. The summed E-state index contributed by atoms with van der Waals surface area (Å²) in [6.07, 6.45) is 2.95. The van der Waals surface area contributed by atoms with Crippen LogP contribution < -0.4 is 0 Å². The molecule has 1 aromatic carbocycles. The number of rotatable bonds is 3. The molecule has 1 heterocycles. The van der Waals surface area contributed by atoms with E-state index in [4.69, 9.17) is 4.42 Å². The average molecular weight is 307 g/mol. The van der Waals surface area contributed by atoms with Gasteiger partial charge in [0.1, 0.15) is 17.3 Å². The predicted molar refractivity (Wildman–Crippen MR) is 72.6 cm³/mol. The van der Waals surface area contributed by atoms with Crippen molar-refractivity contribution in [1.82, 2.24) is 0 Å². The molecular weight excluding hydrogens is 296 g/mol. The zero-order valence-corrected chi connectivity index (χ0v) is 11.3. The molecule has 0 bridgehead atoms. The lowest BCUT2D eigenvalue weighted by Gasteiger charge is -2.00. The van der Waals surface area contributed by atoms with Crippen LogP contribution in [-0.2, 0) is 0 Å². The third-order valence-corrected chi connectivity index (χ3v) is 2.88. The van der Waals surface area contributed by atoms with Gasteiger partial charge in [-0.15, -0.1) is 0 Å². The average Bonchev–Trinajstić information content (AvgIpc) is 2.75. The highest BCUT2D eigenvalue weighted by molar-refractivity contribution is 9.10. The van der Waals surface area contributed by atoms with Crippen molar-refractivity contribution >= 4 is 27.8 Å². The molecule has 2 aromatic rings. The summed E-state index contributed by atoms with van der Waals surface area (Å²) in [4.78, 5) is 11.9. The Balaban J connectivity index is 2.22. The second-order valence-corrected chi connectivity index (χ2v) is 4.72. The maximum absolute atomic E-state index is 11.9. The summed E-state index contributed by atoms with van der Waals surface area (Å²) in [6, 6.07) is 8.32. The monoisotopic (exact) mass is 306 g/mol. The molecule has 92 valence electrons. The Hall–Kier alpha value is -1.81. The van der Waals surface area contributed by atoms with Gasteiger partial charge in [-0.3, -0.25) is 4.79 Å². The van der Waals surface area contributed by atoms with Gasteiger partial charge in [0.2, 0.25) is 0 Å². The van der Waals surface area contributed by atoms with Crippen molar-refractivity contribution in [2.24, 2.45) is 0 Å². The molecule has 0 atom stereocenters. The summed E-state index contributed by atoms with van der Waals surface area (Å²) in [6.45, 7) is 1.83. The first-order valence-electron chi connectivity index (χ1n) is 5.33. The van der Waals surface area contributed by atoms with Crippen LogP contribution in [0.3, 0.4) is 0 Å². The number of allylic oxidation sites excluding steroid dienone is 1. The first-order valence-corrected chi connectivity index (χ1v) is 6.13. The van der Waals surface area contributed by atoms with Gasteiger partial charge in [-0.05, 0) is 49.4 Å². The van der Waals surface area contributed by atoms with E-state index in [2.05, 4.69) is 15.9 Å². The normalized spacial score (nSPS) is 11.0. The van der Waals surface area contributed by atoms with Gasteiger partial charge < -0.3 is 9.52 Å². The topological polar surface area (TPSA) is 50.4 Å². The van der Waals surface area contributed by atoms with Gasteiger partial charge in [-0.2, -0.15) is 0 Å². The van der Waals surface area contributed by atoms with Gasteiger partial charge in [0.15, 0.2) is 5.78 Å². The van der Waals surface area contributed by atoms with E-state index in [1.54, 1.807) is 24.3 Å². The van der Waals surface area contributed by atoms with Gasteiger partial charge >= 0.3 is 0 Å². The molecular formula is C14H11BrO3. The number of hydrogen-bond acceptors (Lipinski definition) is 3. The molecule has 3 nitrogen and oxygen atoms in total. The van der Waals surface area contributed by atoms with Gasteiger partial charge in [0.05, 0.1) is 5.56 Å². The highest BCUT2D eigenvalue weighted by atomic mass is 79.9. The molecule has 4 heteroatoms. The molecule has 1 N–H and O–H groups in total. The van der Waals surface area contributed by atoms with Crippen molar-refractivity contribution in [3.05, 3.63) is 58.0 Å². The quantitative estimate of drug-likeness (QED) is 0.690. The summed E-state index contributed by atoms with van der Waals surface area (Å²) in [5.74, 6) is 1.08. The second-order valence-electron chi connectivity index (χ2n) is 3.81. The maximum atomic E-state index is 11.9. The summed E-state index contributed by atoms with van der Waals surface area (Å²) in [5, 5.41) is 9.61. The molecule has 0 saturated heterocycles. The van der Waals surface area contributed by atoms with Crippen molar-refractivity contribution < 1.29 is 14.3 Å². The molecule has 0 amide bonds. The van der Waals surface area contributed by atoms with Crippen LogP contribution in [0.15, 0.2) is 45.3 Å². The van der Waals surface area contributed by atoms with Gasteiger partial charge in [-0.25, -0.2) is 0 Å². The molecule has 0 fully saturated rings. The minimum absolute atomic E-state index is 0.0384. The zero-order chi connectivity index (χ0) is 13.1. The van der Waals surface area contributed by atoms with E-state index < -0.39 is 0 Å². The Morgan fingerprint density at radius 3 is 2.78 bits per heavy atom. The molecule has 2 rings (SSSR count). The number of phenols is 1. The Morgan fingerprint density at radius 1 is 1.33 bits per heavy atom. The number of carbonyl (C=O) groups excluding carboxylic acids is 1. The van der Waals surface area contributed by atoms with E-state index >= 15 is 0 Å². The lowest BCUT2D eigenvalue weighted by molar-refractivity contribution is 0.104. The van der Waals surface area contributed by atoms with Crippen LogP contribution in [-0.4, -0.2) is 10.9 Å². The number of halogens is 1. The van der Waals surface area contributed by atoms with E-state index in [1.807, 2.05) is 13.0 Å². The summed E-state index contributed by atoms with van der Waals surface area (Å²) in [7, 11) is 0. The lowest BCUT2D eigenvalue weighted by atomic mass is 10.1. The molecule has 1 aromatic heterocycles. The van der Waals surface area contributed by atoms with Crippen LogP contribution in [0, 0.1) is 6.92 Å². The minimum Gasteiger partial charge on any atom is -0.507 e. The summed E-state index contributed by atoms with van der Waals surface area (Å²) >= 11 is 3.26. The summed E-state index contributed by atoms with van der Waals surface area (Å²) < 4.78 is 6.05. The Morgan fingerprint density at radius 2 is 2.11 bits per heavy atom. The Kier molecular flexibility index (Phi) is 3.67. The number of aryl methyl sites for hydroxylation is 1. The highest BCUT2D eigenvalue weighted by Gasteiger charge is 2.08. The van der Waals surface area contributed by atoms with Gasteiger partial charge in [0.25, 0.3) is 0 Å². The number of aromatic hydroxyl groups is 1. The van der Waals surface area contributed by atoms with E-state index in [-0.39, 0.29) is 17.1 Å². The number of carbonyl (C=O) groups is 1. The molecule has 0 spiro atoms. The van der Waals surface area contributed by atoms with E-state index in [1.165, 1.54) is 12.1 Å². The van der Waals surface area contributed by atoms with Crippen molar-refractivity contribution in [3.63, 3.8) is 0 Å². The lowest BCUT2D eigenvalue weighted by Crippen LogP contribution is -1.94. The fourth-order valence-electron chi connectivity index (χ4n) is 1.50. The van der Waals surface area contributed by atoms with Crippen LogP contribution in [0.1, 0.15) is 21.9 Å². The fraction of sp³-hybridized carbons (Fsp3) is 0.0714. The number of benzene rings is 1. The van der Waals surface area contributed by atoms with Gasteiger partial charge in [-0.1, -0.05) is 15.9 Å². The van der Waals surface area contributed by atoms with Crippen molar-refractivity contribution in [1.29, 1.82) is 0 Å². The number of furan rings is 1. The third-order valence-electron chi connectivity index (χ3n) is 2.38.